The van der Waals surface area contributed by atoms with Gasteiger partial charge in [0.15, 0.2) is 0 Å². The van der Waals surface area contributed by atoms with Gasteiger partial charge in [-0.1, -0.05) is 24.4 Å². The number of nitrogens with zero attached hydrogens (tertiary/aromatic N) is 2. The van der Waals surface area contributed by atoms with Crippen molar-refractivity contribution in [1.82, 2.24) is 9.88 Å². The van der Waals surface area contributed by atoms with E-state index in [2.05, 4.69) is 4.98 Å². The SMILES string of the molecule is Nc1cnc(Cl)c(C(=O)N2CCCC2C2CCCC2)c1. The highest BCUT2D eigenvalue weighted by Gasteiger charge is 2.36. The standard InChI is InChI=1S/C15H20ClN3O/c16-14-12(8-11(17)9-18-14)15(20)19-7-3-6-13(19)10-4-1-2-5-10/h8-10,13H,1-7,17H2. The van der Waals surface area contributed by atoms with Crippen molar-refractivity contribution in [2.45, 2.75) is 44.6 Å². The maximum Gasteiger partial charge on any atom is 0.257 e. The summed E-state index contributed by atoms with van der Waals surface area (Å²) in [6, 6.07) is 2.02. The maximum absolute atomic E-state index is 12.7. The molecule has 0 aromatic carbocycles. The van der Waals surface area contributed by atoms with Crippen LogP contribution in [0.25, 0.3) is 0 Å². The Morgan fingerprint density at radius 1 is 1.30 bits per heavy atom. The van der Waals surface area contributed by atoms with Crippen molar-refractivity contribution in [3.63, 3.8) is 0 Å². The highest BCUT2D eigenvalue weighted by molar-refractivity contribution is 6.32. The highest BCUT2D eigenvalue weighted by Crippen LogP contribution is 2.36. The van der Waals surface area contributed by atoms with Crippen molar-refractivity contribution in [3.05, 3.63) is 23.0 Å². The van der Waals surface area contributed by atoms with E-state index in [1.165, 1.54) is 31.9 Å². The predicted molar refractivity (Wildman–Crippen MR) is 79.7 cm³/mol. The molecule has 2 aliphatic rings. The lowest BCUT2D eigenvalue weighted by atomic mass is 9.95. The molecule has 3 rings (SSSR count). The third kappa shape index (κ3) is 2.49. The van der Waals surface area contributed by atoms with Gasteiger partial charge in [0.25, 0.3) is 5.91 Å². The van der Waals surface area contributed by atoms with E-state index in [0.717, 1.165) is 19.4 Å². The van der Waals surface area contributed by atoms with E-state index in [-0.39, 0.29) is 11.1 Å². The van der Waals surface area contributed by atoms with E-state index in [1.807, 2.05) is 4.90 Å². The van der Waals surface area contributed by atoms with E-state index in [0.29, 0.717) is 23.2 Å². The molecule has 108 valence electrons. The lowest BCUT2D eigenvalue weighted by Gasteiger charge is -2.29. The van der Waals surface area contributed by atoms with E-state index in [4.69, 9.17) is 17.3 Å². The number of hydrogen-bond donors (Lipinski definition) is 1. The van der Waals surface area contributed by atoms with E-state index >= 15 is 0 Å². The van der Waals surface area contributed by atoms with Crippen molar-refractivity contribution in [2.75, 3.05) is 12.3 Å². The molecule has 1 amide bonds. The average molecular weight is 294 g/mol. The van der Waals surface area contributed by atoms with E-state index in [1.54, 1.807) is 6.07 Å². The van der Waals surface area contributed by atoms with Crippen LogP contribution in [0, 0.1) is 5.92 Å². The number of likely N-dealkylation sites (tertiary alicyclic amines) is 1. The molecule has 2 heterocycles. The molecule has 1 aromatic rings. The summed E-state index contributed by atoms with van der Waals surface area (Å²) < 4.78 is 0. The van der Waals surface area contributed by atoms with Crippen molar-refractivity contribution >= 4 is 23.2 Å². The first-order valence-corrected chi connectivity index (χ1v) is 7.76. The van der Waals surface area contributed by atoms with E-state index < -0.39 is 0 Å². The van der Waals surface area contributed by atoms with Crippen LogP contribution in [0.2, 0.25) is 5.15 Å². The van der Waals surface area contributed by atoms with Gasteiger partial charge in [-0.2, -0.15) is 0 Å². The van der Waals surface area contributed by atoms with Gasteiger partial charge >= 0.3 is 0 Å². The summed E-state index contributed by atoms with van der Waals surface area (Å²) >= 11 is 6.06. The molecule has 2 fully saturated rings. The van der Waals surface area contributed by atoms with Gasteiger partial charge < -0.3 is 10.6 Å². The Morgan fingerprint density at radius 2 is 2.05 bits per heavy atom. The first-order valence-electron chi connectivity index (χ1n) is 7.39. The molecule has 1 unspecified atom stereocenters. The maximum atomic E-state index is 12.7. The fourth-order valence-corrected chi connectivity index (χ4v) is 3.83. The molecule has 0 radical (unpaired) electrons. The second kappa shape index (κ2) is 5.60. The van der Waals surface area contributed by atoms with Crippen molar-refractivity contribution in [3.8, 4) is 0 Å². The molecular formula is C15H20ClN3O. The summed E-state index contributed by atoms with van der Waals surface area (Å²) in [5, 5.41) is 0.251. The average Bonchev–Trinajstić information content (AvgIpc) is 3.10. The van der Waals surface area contributed by atoms with Crippen LogP contribution in [0.1, 0.15) is 48.9 Å². The number of carbonyl (C=O) groups is 1. The van der Waals surface area contributed by atoms with Crippen LogP contribution in [0.3, 0.4) is 0 Å². The molecule has 1 aliphatic heterocycles. The van der Waals surface area contributed by atoms with E-state index in [9.17, 15) is 4.79 Å². The zero-order chi connectivity index (χ0) is 14.1. The lowest BCUT2D eigenvalue weighted by Crippen LogP contribution is -2.39. The lowest BCUT2D eigenvalue weighted by molar-refractivity contribution is 0.0689. The van der Waals surface area contributed by atoms with Crippen LogP contribution >= 0.6 is 11.6 Å². The zero-order valence-corrected chi connectivity index (χ0v) is 12.3. The van der Waals surface area contributed by atoms with Crippen molar-refractivity contribution in [2.24, 2.45) is 5.92 Å². The minimum absolute atomic E-state index is 0.0100. The molecule has 1 saturated heterocycles. The number of carbonyl (C=O) groups excluding carboxylic acids is 1. The molecule has 5 heteroatoms. The second-order valence-electron chi connectivity index (χ2n) is 5.86. The number of pyridine rings is 1. The number of nitrogens with two attached hydrogens (primary N) is 1. The molecule has 1 aromatic heterocycles. The van der Waals surface area contributed by atoms with Crippen LogP contribution in [-0.4, -0.2) is 28.4 Å². The summed E-state index contributed by atoms with van der Waals surface area (Å²) in [5.41, 5.74) is 6.65. The first kappa shape index (κ1) is 13.7. The van der Waals surface area contributed by atoms with Crippen LogP contribution in [0.15, 0.2) is 12.3 Å². The minimum Gasteiger partial charge on any atom is -0.397 e. The predicted octanol–water partition coefficient (Wildman–Crippen LogP) is 3.11. The Hall–Kier alpha value is -1.29. The van der Waals surface area contributed by atoms with Crippen LogP contribution in [0.5, 0.6) is 0 Å². The third-order valence-electron chi connectivity index (χ3n) is 4.59. The Kier molecular flexibility index (Phi) is 3.83. The van der Waals surface area contributed by atoms with Crippen LogP contribution in [0.4, 0.5) is 5.69 Å². The molecule has 0 spiro atoms. The molecule has 4 nitrogen and oxygen atoms in total. The second-order valence-corrected chi connectivity index (χ2v) is 6.22. The quantitative estimate of drug-likeness (QED) is 0.852. The monoisotopic (exact) mass is 293 g/mol. The molecule has 0 bridgehead atoms. The number of hydrogen-bond acceptors (Lipinski definition) is 3. The van der Waals surface area contributed by atoms with Gasteiger partial charge in [-0.05, 0) is 37.7 Å². The van der Waals surface area contributed by atoms with Gasteiger partial charge in [0, 0.05) is 12.6 Å². The molecule has 1 atom stereocenters. The summed E-state index contributed by atoms with van der Waals surface area (Å²) in [6.07, 6.45) is 8.77. The zero-order valence-electron chi connectivity index (χ0n) is 11.5. The number of nitrogen functional groups attached to an aromatic ring is 1. The Morgan fingerprint density at radius 3 is 2.80 bits per heavy atom. The van der Waals surface area contributed by atoms with Crippen LogP contribution < -0.4 is 5.73 Å². The van der Waals surface area contributed by atoms with Gasteiger partial charge in [-0.3, -0.25) is 4.79 Å². The summed E-state index contributed by atoms with van der Waals surface area (Å²) in [4.78, 5) is 18.7. The number of rotatable bonds is 2. The van der Waals surface area contributed by atoms with Gasteiger partial charge in [-0.25, -0.2) is 4.98 Å². The van der Waals surface area contributed by atoms with Crippen molar-refractivity contribution in [1.29, 1.82) is 0 Å². The molecule has 2 N–H and O–H groups in total. The largest absolute Gasteiger partial charge is 0.397 e. The molecule has 1 aliphatic carbocycles. The van der Waals surface area contributed by atoms with Gasteiger partial charge in [0.05, 0.1) is 17.4 Å². The summed E-state index contributed by atoms with van der Waals surface area (Å²) in [5.74, 6) is 0.651. The third-order valence-corrected chi connectivity index (χ3v) is 4.90. The number of aromatic nitrogens is 1. The molecule has 20 heavy (non-hydrogen) atoms. The van der Waals surface area contributed by atoms with Crippen molar-refractivity contribution < 1.29 is 4.79 Å². The molecule has 1 saturated carbocycles. The fraction of sp³-hybridized carbons (Fsp3) is 0.600. The topological polar surface area (TPSA) is 59.2 Å². The summed E-state index contributed by atoms with van der Waals surface area (Å²) in [6.45, 7) is 0.825. The van der Waals surface area contributed by atoms with Crippen LogP contribution in [-0.2, 0) is 0 Å². The van der Waals surface area contributed by atoms with Gasteiger partial charge in [-0.15, -0.1) is 0 Å². The van der Waals surface area contributed by atoms with Gasteiger partial charge in [0.1, 0.15) is 5.15 Å². The fourth-order valence-electron chi connectivity index (χ4n) is 3.65. The normalized spacial score (nSPS) is 23.4. The highest BCUT2D eigenvalue weighted by atomic mass is 35.5. The van der Waals surface area contributed by atoms with Gasteiger partial charge in [0.2, 0.25) is 0 Å². The number of halogens is 1. The smallest absolute Gasteiger partial charge is 0.257 e. The Bertz CT molecular complexity index is 514. The summed E-state index contributed by atoms with van der Waals surface area (Å²) in [7, 11) is 0. The number of amides is 1. The molecular weight excluding hydrogens is 274 g/mol. The minimum atomic E-state index is -0.0100. The Labute approximate surface area is 124 Å². The first-order chi connectivity index (χ1) is 9.66. The number of anilines is 1. The Balaban J connectivity index is 1.83.